The Hall–Kier alpha value is -2.09. The Morgan fingerprint density at radius 1 is 1.15 bits per heavy atom. The van der Waals surface area contributed by atoms with Crippen molar-refractivity contribution in [2.45, 2.75) is 12.8 Å². The molecule has 1 saturated heterocycles. The third-order valence-corrected chi connectivity index (χ3v) is 3.97. The van der Waals surface area contributed by atoms with Gasteiger partial charge in [0.05, 0.1) is 0 Å². The van der Waals surface area contributed by atoms with E-state index in [1.807, 2.05) is 17.1 Å². The molecule has 2 N–H and O–H groups in total. The molecular weight excluding hydrogens is 258 g/mol. The molecule has 0 aromatic rings. The number of hydrazone groups is 2. The minimum atomic E-state index is 0.312. The molecule has 0 atom stereocenters. The summed E-state index contributed by atoms with van der Waals surface area (Å²) in [6, 6.07) is 0. The number of amidine groups is 2. The molecule has 20 heavy (non-hydrogen) atoms. The van der Waals surface area contributed by atoms with Gasteiger partial charge in [0.2, 0.25) is 5.91 Å². The van der Waals surface area contributed by atoms with Crippen LogP contribution in [0.3, 0.4) is 0 Å². The van der Waals surface area contributed by atoms with Crippen LogP contribution in [0.15, 0.2) is 22.4 Å². The molecule has 0 radical (unpaired) electrons. The van der Waals surface area contributed by atoms with E-state index in [0.29, 0.717) is 11.8 Å². The normalized spacial score (nSPS) is 25.1. The molecule has 1 amide bonds. The summed E-state index contributed by atoms with van der Waals surface area (Å²) >= 11 is 0. The number of hydrogen-bond acceptors (Lipinski definition) is 7. The molecule has 4 aliphatic rings. The van der Waals surface area contributed by atoms with E-state index in [0.717, 1.165) is 50.7 Å². The lowest BCUT2D eigenvalue weighted by Gasteiger charge is -2.36. The molecule has 2 fully saturated rings. The number of fused-ring (bicyclic) bond motifs is 1. The first-order valence-electron chi connectivity index (χ1n) is 7.00. The second-order valence-electron chi connectivity index (χ2n) is 5.38. The van der Waals surface area contributed by atoms with Crippen LogP contribution in [0.5, 0.6) is 0 Å². The van der Waals surface area contributed by atoms with E-state index >= 15 is 0 Å². The lowest BCUT2D eigenvalue weighted by Crippen LogP contribution is -2.52. The molecule has 1 saturated carbocycles. The summed E-state index contributed by atoms with van der Waals surface area (Å²) in [6.07, 6.45) is 6.02. The summed E-state index contributed by atoms with van der Waals surface area (Å²) < 4.78 is 0. The van der Waals surface area contributed by atoms with E-state index in [1.165, 1.54) is 0 Å². The van der Waals surface area contributed by atoms with Crippen molar-refractivity contribution < 1.29 is 4.79 Å². The standard InChI is InChI=1S/C12H17N7O/c20-12(9-1-2-9)18-7-5-17(6-8-18)11-4-3-10-13-15-16-19(10)14-11/h3-4,9,15-16H,1-2,5-8H2. The van der Waals surface area contributed by atoms with Crippen LogP contribution in [-0.2, 0) is 4.79 Å². The summed E-state index contributed by atoms with van der Waals surface area (Å²) in [5.74, 6) is 2.30. The lowest BCUT2D eigenvalue weighted by atomic mass is 10.2. The third kappa shape index (κ3) is 2.01. The quantitative estimate of drug-likeness (QED) is 0.646. The first-order valence-corrected chi connectivity index (χ1v) is 7.00. The van der Waals surface area contributed by atoms with Crippen molar-refractivity contribution in [2.24, 2.45) is 16.1 Å². The zero-order chi connectivity index (χ0) is 13.5. The third-order valence-electron chi connectivity index (χ3n) is 3.97. The van der Waals surface area contributed by atoms with Gasteiger partial charge in [-0.3, -0.25) is 4.79 Å². The Bertz CT molecular complexity index is 514. The zero-order valence-electron chi connectivity index (χ0n) is 11.1. The second-order valence-corrected chi connectivity index (χ2v) is 5.38. The molecule has 8 heteroatoms. The maximum Gasteiger partial charge on any atom is 0.225 e. The summed E-state index contributed by atoms with van der Waals surface area (Å²) in [4.78, 5) is 16.2. The topological polar surface area (TPSA) is 75.6 Å². The molecule has 1 aliphatic carbocycles. The van der Waals surface area contributed by atoms with Gasteiger partial charge in [-0.25, -0.2) is 5.53 Å². The SMILES string of the molecule is O=C(C1CC1)N1CCN(C2=NN3NNN=C3C=C2)CC1. The van der Waals surface area contributed by atoms with Gasteiger partial charge >= 0.3 is 0 Å². The summed E-state index contributed by atoms with van der Waals surface area (Å²) in [5, 5.41) is 10.1. The van der Waals surface area contributed by atoms with Gasteiger partial charge < -0.3 is 9.80 Å². The number of carbonyl (C=O) groups is 1. The number of carbonyl (C=O) groups excluding carboxylic acids is 1. The predicted octanol–water partition coefficient (Wildman–Crippen LogP) is -0.938. The molecule has 8 nitrogen and oxygen atoms in total. The van der Waals surface area contributed by atoms with Gasteiger partial charge in [0.15, 0.2) is 11.7 Å². The van der Waals surface area contributed by atoms with Crippen LogP contribution in [0.1, 0.15) is 12.8 Å². The highest BCUT2D eigenvalue weighted by molar-refractivity contribution is 6.05. The van der Waals surface area contributed by atoms with Crippen LogP contribution in [0.2, 0.25) is 0 Å². The highest BCUT2D eigenvalue weighted by Gasteiger charge is 2.35. The number of rotatable bonds is 1. The van der Waals surface area contributed by atoms with Crippen molar-refractivity contribution in [3.8, 4) is 0 Å². The van der Waals surface area contributed by atoms with E-state index in [-0.39, 0.29) is 0 Å². The molecule has 0 unspecified atom stereocenters. The molecule has 0 spiro atoms. The van der Waals surface area contributed by atoms with Crippen molar-refractivity contribution in [3.63, 3.8) is 0 Å². The summed E-state index contributed by atoms with van der Waals surface area (Å²) in [5.41, 5.74) is 5.49. The number of piperazine rings is 1. The van der Waals surface area contributed by atoms with Gasteiger partial charge in [0.25, 0.3) is 0 Å². The number of amides is 1. The molecular formula is C12H17N7O. The Morgan fingerprint density at radius 3 is 2.65 bits per heavy atom. The Kier molecular flexibility index (Phi) is 2.62. The van der Waals surface area contributed by atoms with Crippen molar-refractivity contribution in [1.82, 2.24) is 26.0 Å². The van der Waals surface area contributed by atoms with Crippen LogP contribution in [0, 0.1) is 5.92 Å². The molecule has 3 heterocycles. The first kappa shape index (κ1) is 11.7. The fraction of sp³-hybridized carbons (Fsp3) is 0.583. The molecule has 4 rings (SSSR count). The molecule has 106 valence electrons. The summed E-state index contributed by atoms with van der Waals surface area (Å²) in [7, 11) is 0. The van der Waals surface area contributed by atoms with Crippen LogP contribution < -0.4 is 11.1 Å². The molecule has 0 aromatic carbocycles. The second kappa shape index (κ2) is 4.48. The Morgan fingerprint density at radius 2 is 1.90 bits per heavy atom. The minimum Gasteiger partial charge on any atom is -0.352 e. The van der Waals surface area contributed by atoms with E-state index in [1.54, 1.807) is 5.12 Å². The van der Waals surface area contributed by atoms with E-state index in [4.69, 9.17) is 0 Å². The Balaban J connectivity index is 1.38. The molecule has 0 aromatic heterocycles. The maximum absolute atomic E-state index is 12.0. The van der Waals surface area contributed by atoms with Crippen LogP contribution in [0.25, 0.3) is 0 Å². The molecule has 3 aliphatic heterocycles. The fourth-order valence-electron chi connectivity index (χ4n) is 2.62. The lowest BCUT2D eigenvalue weighted by molar-refractivity contribution is -0.133. The smallest absolute Gasteiger partial charge is 0.225 e. The summed E-state index contributed by atoms with van der Waals surface area (Å²) in [6.45, 7) is 3.23. The first-order chi connectivity index (χ1) is 9.81. The fourth-order valence-corrected chi connectivity index (χ4v) is 2.62. The Labute approximate surface area is 116 Å². The van der Waals surface area contributed by atoms with Gasteiger partial charge in [-0.05, 0) is 25.0 Å². The van der Waals surface area contributed by atoms with Gasteiger partial charge in [-0.1, -0.05) is 0 Å². The average molecular weight is 275 g/mol. The monoisotopic (exact) mass is 275 g/mol. The minimum absolute atomic E-state index is 0.312. The van der Waals surface area contributed by atoms with Crippen molar-refractivity contribution >= 4 is 17.6 Å². The van der Waals surface area contributed by atoms with Crippen molar-refractivity contribution in [3.05, 3.63) is 12.2 Å². The van der Waals surface area contributed by atoms with Crippen molar-refractivity contribution in [2.75, 3.05) is 26.2 Å². The van der Waals surface area contributed by atoms with Gasteiger partial charge in [0.1, 0.15) is 0 Å². The number of nitrogens with zero attached hydrogens (tertiary/aromatic N) is 5. The van der Waals surface area contributed by atoms with Gasteiger partial charge in [0, 0.05) is 32.1 Å². The number of hydrogen-bond donors (Lipinski definition) is 2. The highest BCUT2D eigenvalue weighted by atomic mass is 16.2. The predicted molar refractivity (Wildman–Crippen MR) is 73.0 cm³/mol. The van der Waals surface area contributed by atoms with Crippen LogP contribution >= 0.6 is 0 Å². The van der Waals surface area contributed by atoms with E-state index in [9.17, 15) is 4.79 Å². The van der Waals surface area contributed by atoms with E-state index in [2.05, 4.69) is 26.2 Å². The van der Waals surface area contributed by atoms with Gasteiger partial charge in [-0.2, -0.15) is 5.12 Å². The van der Waals surface area contributed by atoms with Crippen molar-refractivity contribution in [1.29, 1.82) is 0 Å². The zero-order valence-corrected chi connectivity index (χ0v) is 11.1. The van der Waals surface area contributed by atoms with Crippen LogP contribution in [-0.4, -0.2) is 58.7 Å². The van der Waals surface area contributed by atoms with E-state index < -0.39 is 0 Å². The highest BCUT2D eigenvalue weighted by Crippen LogP contribution is 2.31. The largest absolute Gasteiger partial charge is 0.352 e. The average Bonchev–Trinajstić information content (AvgIpc) is 3.24. The van der Waals surface area contributed by atoms with Crippen LogP contribution in [0.4, 0.5) is 0 Å². The maximum atomic E-state index is 12.0. The molecule has 0 bridgehead atoms. The number of hydrazine groups is 2. The number of nitrogens with one attached hydrogen (secondary N) is 2. The van der Waals surface area contributed by atoms with Gasteiger partial charge in [-0.15, -0.1) is 15.7 Å².